The molecule has 1 atom stereocenters. The van der Waals surface area contributed by atoms with E-state index in [-0.39, 0.29) is 16.2 Å². The molecule has 0 aliphatic heterocycles. The number of anilines is 1. The number of rotatable bonds is 7. The third-order valence-electron chi connectivity index (χ3n) is 3.78. The van der Waals surface area contributed by atoms with Crippen LogP contribution in [0.25, 0.3) is 0 Å². The lowest BCUT2D eigenvalue weighted by molar-refractivity contribution is 0.0597. The van der Waals surface area contributed by atoms with Crippen molar-refractivity contribution in [2.24, 2.45) is 0 Å². The molecule has 0 radical (unpaired) electrons. The maximum absolute atomic E-state index is 12.7. The molecule has 0 fully saturated rings. The van der Waals surface area contributed by atoms with E-state index < -0.39 is 22.1 Å². The number of hydrogen-bond donors (Lipinski definition) is 3. The fraction of sp³-hybridized carbons (Fsp3) is 0.278. The van der Waals surface area contributed by atoms with Gasteiger partial charge in [-0.3, -0.25) is 4.72 Å². The second-order valence-corrected chi connectivity index (χ2v) is 7.50. The zero-order valence-electron chi connectivity index (χ0n) is 14.5. The number of aliphatic hydroxyl groups is 1. The highest BCUT2D eigenvalue weighted by molar-refractivity contribution is 7.92. The first-order valence-electron chi connectivity index (χ1n) is 7.94. The second kappa shape index (κ2) is 8.20. The van der Waals surface area contributed by atoms with Crippen LogP contribution in [0.5, 0.6) is 5.75 Å². The van der Waals surface area contributed by atoms with E-state index in [0.29, 0.717) is 18.5 Å². The van der Waals surface area contributed by atoms with Crippen LogP contribution >= 0.6 is 0 Å². The average molecular weight is 379 g/mol. The number of carbonyl (C=O) groups excluding carboxylic acids is 1. The summed E-state index contributed by atoms with van der Waals surface area (Å²) in [6.07, 6.45) is 0.489. The van der Waals surface area contributed by atoms with E-state index in [1.54, 1.807) is 31.2 Å². The molecule has 0 aromatic heterocycles. The number of phenolic OH excluding ortho intramolecular Hbond substituents is 1. The van der Waals surface area contributed by atoms with Crippen LogP contribution in [0, 0.1) is 0 Å². The molecule has 2 rings (SSSR count). The molecule has 0 aliphatic carbocycles. The van der Waals surface area contributed by atoms with E-state index in [1.165, 1.54) is 6.07 Å². The van der Waals surface area contributed by atoms with Gasteiger partial charge in [0.25, 0.3) is 10.0 Å². The standard InChI is InChI=1S/C18H21NO6S/c1-12(20)7-8-13-5-3-4-6-16(13)19-26(23,24)14-9-10-17(21)15(11-14)18(22)25-2/h3-6,9-12,19-21H,7-8H2,1-2H3/t12-/m1/s1. The first-order chi connectivity index (χ1) is 12.2. The molecule has 3 N–H and O–H groups in total. The Morgan fingerprint density at radius 2 is 1.92 bits per heavy atom. The molecule has 0 heterocycles. The quantitative estimate of drug-likeness (QED) is 0.636. The molecule has 140 valence electrons. The van der Waals surface area contributed by atoms with E-state index in [2.05, 4.69) is 9.46 Å². The third kappa shape index (κ3) is 4.74. The van der Waals surface area contributed by atoms with Gasteiger partial charge >= 0.3 is 5.97 Å². The SMILES string of the molecule is COC(=O)c1cc(S(=O)(=O)Nc2ccccc2CC[C@@H](C)O)ccc1O. The maximum Gasteiger partial charge on any atom is 0.341 e. The van der Waals surface area contributed by atoms with Crippen LogP contribution in [0.2, 0.25) is 0 Å². The van der Waals surface area contributed by atoms with E-state index in [0.717, 1.165) is 24.8 Å². The highest BCUT2D eigenvalue weighted by Crippen LogP contribution is 2.25. The van der Waals surface area contributed by atoms with Crippen LogP contribution in [0.4, 0.5) is 5.69 Å². The van der Waals surface area contributed by atoms with Crippen LogP contribution in [0.3, 0.4) is 0 Å². The van der Waals surface area contributed by atoms with Gasteiger partial charge < -0.3 is 14.9 Å². The normalized spacial score (nSPS) is 12.4. The summed E-state index contributed by atoms with van der Waals surface area (Å²) in [5, 5.41) is 19.2. The predicted molar refractivity (Wildman–Crippen MR) is 96.7 cm³/mol. The van der Waals surface area contributed by atoms with E-state index >= 15 is 0 Å². The summed E-state index contributed by atoms with van der Waals surface area (Å²) in [4.78, 5) is 11.5. The number of para-hydroxylation sites is 1. The minimum absolute atomic E-state index is 0.180. The number of nitrogens with one attached hydrogen (secondary N) is 1. The minimum atomic E-state index is -3.99. The zero-order chi connectivity index (χ0) is 19.3. The van der Waals surface area contributed by atoms with Gasteiger partial charge in [0.1, 0.15) is 11.3 Å². The number of phenols is 1. The number of sulfonamides is 1. The van der Waals surface area contributed by atoms with Crippen molar-refractivity contribution in [1.29, 1.82) is 0 Å². The molecule has 0 spiro atoms. The number of carbonyl (C=O) groups is 1. The van der Waals surface area contributed by atoms with Gasteiger partial charge in [-0.05, 0) is 49.6 Å². The molecule has 8 heteroatoms. The van der Waals surface area contributed by atoms with Gasteiger partial charge in [0.15, 0.2) is 0 Å². The minimum Gasteiger partial charge on any atom is -0.507 e. The number of hydrogen-bond acceptors (Lipinski definition) is 6. The van der Waals surface area contributed by atoms with Gasteiger partial charge in [-0.2, -0.15) is 0 Å². The van der Waals surface area contributed by atoms with Crippen molar-refractivity contribution in [1.82, 2.24) is 0 Å². The average Bonchev–Trinajstić information content (AvgIpc) is 2.60. The molecule has 0 unspecified atom stereocenters. The molecule has 0 saturated carbocycles. The number of aliphatic hydroxyl groups excluding tert-OH is 1. The van der Waals surface area contributed by atoms with Gasteiger partial charge in [-0.1, -0.05) is 18.2 Å². The van der Waals surface area contributed by atoms with Crippen LogP contribution in [-0.2, 0) is 21.2 Å². The van der Waals surface area contributed by atoms with Crippen molar-refractivity contribution < 1.29 is 28.2 Å². The number of benzene rings is 2. The van der Waals surface area contributed by atoms with E-state index in [9.17, 15) is 23.4 Å². The van der Waals surface area contributed by atoms with Gasteiger partial charge in [0.05, 0.1) is 23.8 Å². The van der Waals surface area contributed by atoms with Crippen molar-refractivity contribution in [2.75, 3.05) is 11.8 Å². The summed E-state index contributed by atoms with van der Waals surface area (Å²) in [5.74, 6) is -1.20. The fourth-order valence-electron chi connectivity index (χ4n) is 2.36. The smallest absolute Gasteiger partial charge is 0.341 e. The Hall–Kier alpha value is -2.58. The lowest BCUT2D eigenvalue weighted by Gasteiger charge is -2.14. The Bertz CT molecular complexity index is 892. The molecule has 26 heavy (non-hydrogen) atoms. The highest BCUT2D eigenvalue weighted by atomic mass is 32.2. The van der Waals surface area contributed by atoms with Gasteiger partial charge in [0, 0.05) is 0 Å². The Morgan fingerprint density at radius 1 is 1.23 bits per heavy atom. The van der Waals surface area contributed by atoms with Crippen molar-refractivity contribution in [3.8, 4) is 5.75 Å². The molecule has 2 aromatic carbocycles. The number of methoxy groups -OCH3 is 1. The summed E-state index contributed by atoms with van der Waals surface area (Å²) in [7, 11) is -2.85. The lowest BCUT2D eigenvalue weighted by Crippen LogP contribution is -2.15. The molecular formula is C18H21NO6S. The monoisotopic (exact) mass is 379 g/mol. The lowest BCUT2D eigenvalue weighted by atomic mass is 10.1. The summed E-state index contributed by atoms with van der Waals surface area (Å²) >= 11 is 0. The Balaban J connectivity index is 2.34. The summed E-state index contributed by atoms with van der Waals surface area (Å²) in [5.41, 5.74) is 0.891. The molecule has 7 nitrogen and oxygen atoms in total. The Morgan fingerprint density at radius 3 is 2.58 bits per heavy atom. The fourth-order valence-corrected chi connectivity index (χ4v) is 3.49. The molecule has 0 amide bonds. The number of aromatic hydroxyl groups is 1. The summed E-state index contributed by atoms with van der Waals surface area (Å²) in [6, 6.07) is 10.3. The molecule has 0 bridgehead atoms. The second-order valence-electron chi connectivity index (χ2n) is 5.82. The Labute approximate surface area is 152 Å². The predicted octanol–water partition coefficient (Wildman–Crippen LogP) is 2.29. The number of esters is 1. The summed E-state index contributed by atoms with van der Waals surface area (Å²) < 4.78 is 32.4. The van der Waals surface area contributed by atoms with Crippen molar-refractivity contribution in [2.45, 2.75) is 30.8 Å². The molecular weight excluding hydrogens is 358 g/mol. The first-order valence-corrected chi connectivity index (χ1v) is 9.43. The van der Waals surface area contributed by atoms with Crippen LogP contribution in [0.15, 0.2) is 47.4 Å². The van der Waals surface area contributed by atoms with Crippen LogP contribution in [0.1, 0.15) is 29.3 Å². The third-order valence-corrected chi connectivity index (χ3v) is 5.14. The number of aryl methyl sites for hydroxylation is 1. The van der Waals surface area contributed by atoms with E-state index in [4.69, 9.17) is 0 Å². The highest BCUT2D eigenvalue weighted by Gasteiger charge is 2.20. The largest absolute Gasteiger partial charge is 0.507 e. The molecule has 0 aliphatic rings. The van der Waals surface area contributed by atoms with Gasteiger partial charge in [-0.15, -0.1) is 0 Å². The molecule has 2 aromatic rings. The van der Waals surface area contributed by atoms with E-state index in [1.807, 2.05) is 0 Å². The van der Waals surface area contributed by atoms with Gasteiger partial charge in [0.2, 0.25) is 0 Å². The van der Waals surface area contributed by atoms with Crippen molar-refractivity contribution in [3.05, 3.63) is 53.6 Å². The number of ether oxygens (including phenoxy) is 1. The van der Waals surface area contributed by atoms with Gasteiger partial charge in [-0.25, -0.2) is 13.2 Å². The van der Waals surface area contributed by atoms with Crippen molar-refractivity contribution >= 4 is 21.7 Å². The Kier molecular flexibility index (Phi) is 6.23. The summed E-state index contributed by atoms with van der Waals surface area (Å²) in [6.45, 7) is 1.66. The topological polar surface area (TPSA) is 113 Å². The maximum atomic E-state index is 12.7. The first kappa shape index (κ1) is 19.7. The van der Waals surface area contributed by atoms with Crippen molar-refractivity contribution in [3.63, 3.8) is 0 Å². The van der Waals surface area contributed by atoms with Crippen LogP contribution < -0.4 is 4.72 Å². The van der Waals surface area contributed by atoms with Crippen LogP contribution in [-0.4, -0.2) is 37.8 Å². The zero-order valence-corrected chi connectivity index (χ0v) is 15.3. The molecule has 0 saturated heterocycles.